The molecule has 26 valence electrons. The van der Waals surface area contributed by atoms with Crippen molar-refractivity contribution in [1.82, 2.24) is 0 Å². The Labute approximate surface area is 55.4 Å². The predicted octanol–water partition coefficient (Wildman–Crippen LogP) is -4.42. The van der Waals surface area contributed by atoms with E-state index in [-0.39, 0.29) is 55.4 Å². The maximum atomic E-state index is 0. The van der Waals surface area contributed by atoms with Crippen molar-refractivity contribution < 1.29 is 41.9 Å². The average Bonchev–Trinajstić information content (AvgIpc) is 0. The van der Waals surface area contributed by atoms with E-state index in [4.69, 9.17) is 0 Å². The molecule has 0 heterocycles. The fourth-order valence-corrected chi connectivity index (χ4v) is 0. The first-order chi connectivity index (χ1) is 0. The van der Waals surface area contributed by atoms with Crippen LogP contribution in [0.25, 0.3) is 0 Å². The van der Waals surface area contributed by atoms with Crippen LogP contribution in [0.5, 0.6) is 0 Å². The van der Waals surface area contributed by atoms with Crippen LogP contribution >= 0.6 is 13.5 Å². The van der Waals surface area contributed by atoms with Gasteiger partial charge in [-0.3, -0.25) is 0 Å². The largest absolute Gasteiger partial charge is 1.00 e. The van der Waals surface area contributed by atoms with Gasteiger partial charge in [0.1, 0.15) is 0 Å². The van der Waals surface area contributed by atoms with E-state index in [0.29, 0.717) is 0 Å². The fraction of sp³-hybridized carbons (Fsp3) is 0. The molecule has 4 heavy (non-hydrogen) atoms. The molecule has 0 aromatic heterocycles. The van der Waals surface area contributed by atoms with Crippen molar-refractivity contribution in [2.45, 2.75) is 0 Å². The number of hydrogen-bond donors (Lipinski definition) is 0. The van der Waals surface area contributed by atoms with Crippen LogP contribution in [0, 0.1) is 0 Å². The van der Waals surface area contributed by atoms with Gasteiger partial charge in [-0.05, 0) is 0 Å². The Bertz CT molecular complexity index is 9.61. The van der Waals surface area contributed by atoms with Crippen LogP contribution in [0.3, 0.4) is 0 Å². The van der Waals surface area contributed by atoms with Crippen LogP contribution in [-0.4, -0.2) is 11.0 Å². The van der Waals surface area contributed by atoms with E-state index in [2.05, 4.69) is 0 Å². The van der Waals surface area contributed by atoms with Crippen LogP contribution in [0.1, 0.15) is 1.43 Å². The molecule has 0 amide bonds. The second-order valence-electron chi connectivity index (χ2n) is 0. The van der Waals surface area contributed by atoms with Gasteiger partial charge in [0, 0.05) is 0 Å². The molecule has 0 bridgehead atoms. The van der Waals surface area contributed by atoms with Crippen molar-refractivity contribution in [1.29, 1.82) is 0 Å². The summed E-state index contributed by atoms with van der Waals surface area (Å²) in [4.78, 5) is 0. The quantitative estimate of drug-likeness (QED) is 0.272. The van der Waals surface area contributed by atoms with Gasteiger partial charge in [-0.1, -0.05) is 0 Å². The summed E-state index contributed by atoms with van der Waals surface area (Å²) in [6.45, 7) is 0. The molecule has 0 saturated carbocycles. The van der Waals surface area contributed by atoms with Crippen molar-refractivity contribution in [3.63, 3.8) is 0 Å². The van der Waals surface area contributed by atoms with Gasteiger partial charge in [0.2, 0.25) is 0 Å². The van der Waals surface area contributed by atoms with Crippen molar-refractivity contribution in [2.75, 3.05) is 0 Å². The van der Waals surface area contributed by atoms with Gasteiger partial charge in [0.15, 0.2) is 0 Å². The minimum Gasteiger partial charge on any atom is -1.00 e. The monoisotopic (exact) mass is 94.0 g/mol. The molecule has 0 saturated heterocycles. The number of rotatable bonds is 0. The summed E-state index contributed by atoms with van der Waals surface area (Å²) in [5.74, 6) is 0. The van der Waals surface area contributed by atoms with Crippen LogP contribution in [0.2, 0.25) is 0 Å². The first-order valence-electron chi connectivity index (χ1n) is 0. The van der Waals surface area contributed by atoms with Gasteiger partial charge in [0.25, 0.3) is 0 Å². The Kier molecular flexibility index (Phi) is 422. The molecular weight excluding hydrogens is 87.1 g/mol. The summed E-state index contributed by atoms with van der Waals surface area (Å²) in [6.07, 6.45) is 0. The van der Waals surface area contributed by atoms with E-state index < -0.39 is 0 Å². The molecule has 0 aliphatic carbocycles. The normalized spacial score (nSPS) is 0. The van der Waals surface area contributed by atoms with Crippen molar-refractivity contribution in [2.24, 2.45) is 0 Å². The van der Waals surface area contributed by atoms with E-state index in [0.717, 1.165) is 0 Å². The molecular formula is H7NaO2S. The van der Waals surface area contributed by atoms with Gasteiger partial charge in [0.05, 0.1) is 0 Å². The minimum atomic E-state index is 0. The third-order valence-corrected chi connectivity index (χ3v) is 0. The third kappa shape index (κ3) is 10.4. The molecule has 0 aromatic rings. The first kappa shape index (κ1) is 59.6. The minimum absolute atomic E-state index is 0. The zero-order chi connectivity index (χ0) is 0. The molecule has 0 rings (SSSR count). The first-order valence-corrected chi connectivity index (χ1v) is 0. The topological polar surface area (TPSA) is 63.0 Å². The summed E-state index contributed by atoms with van der Waals surface area (Å²) >= 11 is 0. The van der Waals surface area contributed by atoms with Crippen LogP contribution in [-0.2, 0) is 0 Å². The molecule has 0 spiro atoms. The second-order valence-corrected chi connectivity index (χ2v) is 0. The molecule has 4 N–H and O–H groups in total. The fourth-order valence-electron chi connectivity index (χ4n) is 0. The predicted molar refractivity (Wildman–Crippen MR) is 18.7 cm³/mol. The molecule has 0 aliphatic rings. The summed E-state index contributed by atoms with van der Waals surface area (Å²) in [6, 6.07) is 0. The van der Waals surface area contributed by atoms with Crippen molar-refractivity contribution in [3.05, 3.63) is 0 Å². The van der Waals surface area contributed by atoms with Gasteiger partial charge in [-0.15, -0.1) is 0 Å². The third-order valence-electron chi connectivity index (χ3n) is 0. The van der Waals surface area contributed by atoms with Crippen molar-refractivity contribution >= 4 is 13.5 Å². The number of hydrogen-bond acceptors (Lipinski definition) is 0. The molecule has 0 aromatic carbocycles. The molecule has 0 atom stereocenters. The van der Waals surface area contributed by atoms with E-state index in [1.54, 1.807) is 0 Å². The Balaban J connectivity index is 0. The molecule has 0 fully saturated rings. The van der Waals surface area contributed by atoms with Crippen LogP contribution in [0.4, 0.5) is 0 Å². The maximum Gasteiger partial charge on any atom is 1.00 e. The molecule has 0 unspecified atom stereocenters. The van der Waals surface area contributed by atoms with Gasteiger partial charge in [-0.25, -0.2) is 0 Å². The Morgan fingerprint density at radius 3 is 1.00 bits per heavy atom. The van der Waals surface area contributed by atoms with Gasteiger partial charge in [-0.2, -0.15) is 13.5 Å². The van der Waals surface area contributed by atoms with Gasteiger partial charge >= 0.3 is 29.6 Å². The summed E-state index contributed by atoms with van der Waals surface area (Å²) in [7, 11) is 0. The van der Waals surface area contributed by atoms with Crippen LogP contribution < -0.4 is 29.6 Å². The summed E-state index contributed by atoms with van der Waals surface area (Å²) < 4.78 is 0. The molecule has 0 radical (unpaired) electrons. The Hall–Kier alpha value is 1.27. The van der Waals surface area contributed by atoms with E-state index in [1.807, 2.05) is 0 Å². The van der Waals surface area contributed by atoms with Crippen LogP contribution in [0.15, 0.2) is 0 Å². The zero-order valence-electron chi connectivity index (χ0n) is 3.50. The maximum absolute atomic E-state index is 0. The standard InChI is InChI=1S/Na.2H2O.H2S.H/h;3*1H2;/q+1;;;;-1. The Morgan fingerprint density at radius 1 is 1.00 bits per heavy atom. The molecule has 0 aliphatic heterocycles. The van der Waals surface area contributed by atoms with Gasteiger partial charge < -0.3 is 12.4 Å². The SMILES string of the molecule is O.O.S.[H-].[Na+]. The summed E-state index contributed by atoms with van der Waals surface area (Å²) in [5, 5.41) is 0. The average molecular weight is 94.1 g/mol. The molecule has 2 nitrogen and oxygen atoms in total. The van der Waals surface area contributed by atoms with E-state index in [9.17, 15) is 0 Å². The van der Waals surface area contributed by atoms with Crippen molar-refractivity contribution in [3.8, 4) is 0 Å². The molecule has 4 heteroatoms. The van der Waals surface area contributed by atoms with E-state index in [1.165, 1.54) is 0 Å². The van der Waals surface area contributed by atoms with E-state index >= 15 is 0 Å². The second kappa shape index (κ2) is 28.3. The smallest absolute Gasteiger partial charge is 1.00 e. The zero-order valence-corrected chi connectivity index (χ0v) is 5.50. The summed E-state index contributed by atoms with van der Waals surface area (Å²) in [5.41, 5.74) is 0. The Morgan fingerprint density at radius 2 is 1.00 bits per heavy atom.